The van der Waals surface area contributed by atoms with Crippen LogP contribution in [0.2, 0.25) is 0 Å². The lowest BCUT2D eigenvalue weighted by atomic mass is 10.1. The maximum atomic E-state index is 11.8. The van der Waals surface area contributed by atoms with Crippen molar-refractivity contribution in [2.75, 3.05) is 13.7 Å². The Balaban J connectivity index is 2.33. The fourth-order valence-electron chi connectivity index (χ4n) is 1.93. The molecule has 0 radical (unpaired) electrons. The molecule has 0 aliphatic rings. The zero-order valence-electron chi connectivity index (χ0n) is 12.9. The quantitative estimate of drug-likeness (QED) is 0.719. The van der Waals surface area contributed by atoms with E-state index < -0.39 is 0 Å². The summed E-state index contributed by atoms with van der Waals surface area (Å²) in [6.07, 6.45) is 1.42. The Morgan fingerprint density at radius 1 is 1.20 bits per heavy atom. The topological polar surface area (TPSA) is 50.4 Å². The lowest BCUT2D eigenvalue weighted by Crippen LogP contribution is -2.28. The Labute approximate surface area is 121 Å². The van der Waals surface area contributed by atoms with Crippen molar-refractivity contribution >= 4 is 5.91 Å². The van der Waals surface area contributed by atoms with Crippen molar-refractivity contribution in [2.24, 2.45) is 0 Å². The van der Waals surface area contributed by atoms with E-state index >= 15 is 0 Å². The molecule has 4 nitrogen and oxygen atoms in total. The number of carbonyl (C=O) groups excluding carboxylic acids is 1. The number of amides is 1. The van der Waals surface area contributed by atoms with E-state index in [1.807, 2.05) is 31.2 Å². The first kappa shape index (κ1) is 16.5. The molecule has 1 aromatic carbocycles. The van der Waals surface area contributed by atoms with Gasteiger partial charge in [-0.05, 0) is 37.6 Å². The minimum atomic E-state index is 0.0199. The highest BCUT2D eigenvalue weighted by atomic mass is 16.5. The molecule has 0 unspecified atom stereocenters. The molecular formula is C16H26N2O2. The van der Waals surface area contributed by atoms with Crippen LogP contribution in [0.4, 0.5) is 0 Å². The molecule has 0 heterocycles. The number of rotatable bonds is 8. The number of benzene rings is 1. The Hall–Kier alpha value is -1.55. The molecule has 112 valence electrons. The number of methoxy groups -OCH3 is 1. The molecule has 20 heavy (non-hydrogen) atoms. The van der Waals surface area contributed by atoms with E-state index in [1.165, 1.54) is 0 Å². The zero-order valence-corrected chi connectivity index (χ0v) is 12.9. The number of carbonyl (C=O) groups is 1. The van der Waals surface area contributed by atoms with Crippen molar-refractivity contribution in [1.29, 1.82) is 0 Å². The second-order valence-electron chi connectivity index (χ2n) is 5.27. The number of hydrogen-bond donors (Lipinski definition) is 2. The van der Waals surface area contributed by atoms with Crippen molar-refractivity contribution in [2.45, 2.75) is 45.7 Å². The van der Waals surface area contributed by atoms with Gasteiger partial charge in [0.25, 0.3) is 0 Å². The number of nitrogens with one attached hydrogen (secondary N) is 2. The predicted molar refractivity (Wildman–Crippen MR) is 81.9 cm³/mol. The van der Waals surface area contributed by atoms with Crippen molar-refractivity contribution in [3.63, 3.8) is 0 Å². The first-order valence-electron chi connectivity index (χ1n) is 7.19. The molecule has 0 fully saturated rings. The maximum Gasteiger partial charge on any atom is 0.220 e. The minimum Gasteiger partial charge on any atom is -0.497 e. The molecule has 1 atom stereocenters. The predicted octanol–water partition coefficient (Wildman–Crippen LogP) is 2.65. The molecule has 2 N–H and O–H groups in total. The van der Waals surface area contributed by atoms with Crippen LogP contribution in [0.5, 0.6) is 5.75 Å². The third kappa shape index (κ3) is 6.06. The maximum absolute atomic E-state index is 11.8. The van der Waals surface area contributed by atoms with E-state index in [9.17, 15) is 4.79 Å². The highest BCUT2D eigenvalue weighted by Crippen LogP contribution is 2.17. The van der Waals surface area contributed by atoms with Crippen molar-refractivity contribution in [3.8, 4) is 5.75 Å². The Bertz CT molecular complexity index is 401. The summed E-state index contributed by atoms with van der Waals surface area (Å²) in [4.78, 5) is 11.8. The molecule has 0 aliphatic heterocycles. The minimum absolute atomic E-state index is 0.0199. The molecule has 0 aromatic heterocycles. The van der Waals surface area contributed by atoms with E-state index in [1.54, 1.807) is 7.11 Å². The summed E-state index contributed by atoms with van der Waals surface area (Å²) in [6, 6.07) is 8.26. The first-order chi connectivity index (χ1) is 9.52. The van der Waals surface area contributed by atoms with Crippen LogP contribution in [-0.4, -0.2) is 25.6 Å². The SMILES string of the molecule is COc1ccc([C@@H](C)NC(=O)CCCNC(C)C)cc1. The second-order valence-corrected chi connectivity index (χ2v) is 5.27. The van der Waals surface area contributed by atoms with Gasteiger partial charge in [-0.15, -0.1) is 0 Å². The van der Waals surface area contributed by atoms with E-state index in [0.717, 1.165) is 24.3 Å². The summed E-state index contributed by atoms with van der Waals surface area (Å²) in [6.45, 7) is 7.08. The Morgan fingerprint density at radius 2 is 1.85 bits per heavy atom. The largest absolute Gasteiger partial charge is 0.497 e. The average molecular weight is 278 g/mol. The van der Waals surface area contributed by atoms with Gasteiger partial charge in [-0.2, -0.15) is 0 Å². The van der Waals surface area contributed by atoms with Gasteiger partial charge in [0.15, 0.2) is 0 Å². The van der Waals surface area contributed by atoms with E-state index in [0.29, 0.717) is 12.5 Å². The van der Waals surface area contributed by atoms with E-state index in [2.05, 4.69) is 24.5 Å². The first-order valence-corrected chi connectivity index (χ1v) is 7.19. The van der Waals surface area contributed by atoms with Gasteiger partial charge in [-0.3, -0.25) is 4.79 Å². The van der Waals surface area contributed by atoms with Crippen LogP contribution in [0.15, 0.2) is 24.3 Å². The van der Waals surface area contributed by atoms with Gasteiger partial charge < -0.3 is 15.4 Å². The average Bonchev–Trinajstić information content (AvgIpc) is 2.43. The van der Waals surface area contributed by atoms with E-state index in [4.69, 9.17) is 4.74 Å². The molecule has 0 spiro atoms. The monoisotopic (exact) mass is 278 g/mol. The molecule has 0 saturated heterocycles. The highest BCUT2D eigenvalue weighted by molar-refractivity contribution is 5.76. The summed E-state index contributed by atoms with van der Waals surface area (Å²) in [7, 11) is 1.64. The van der Waals surface area contributed by atoms with Crippen molar-refractivity contribution in [3.05, 3.63) is 29.8 Å². The molecule has 1 amide bonds. The lowest BCUT2D eigenvalue weighted by molar-refractivity contribution is -0.121. The number of hydrogen-bond acceptors (Lipinski definition) is 3. The number of ether oxygens (including phenoxy) is 1. The standard InChI is InChI=1S/C16H26N2O2/c1-12(2)17-11-5-6-16(19)18-13(3)14-7-9-15(20-4)10-8-14/h7-10,12-13,17H,5-6,11H2,1-4H3,(H,18,19)/t13-/m1/s1. The molecule has 0 saturated carbocycles. The molecule has 0 bridgehead atoms. The molecule has 1 aromatic rings. The summed E-state index contributed by atoms with van der Waals surface area (Å²) in [5.41, 5.74) is 1.08. The third-order valence-corrected chi connectivity index (χ3v) is 3.13. The molecule has 0 aliphatic carbocycles. The van der Waals surface area contributed by atoms with Crippen LogP contribution < -0.4 is 15.4 Å². The summed E-state index contributed by atoms with van der Waals surface area (Å²) < 4.78 is 5.12. The molecule has 4 heteroatoms. The lowest BCUT2D eigenvalue weighted by Gasteiger charge is -2.15. The van der Waals surface area contributed by atoms with Gasteiger partial charge >= 0.3 is 0 Å². The van der Waals surface area contributed by atoms with Crippen LogP contribution >= 0.6 is 0 Å². The fourth-order valence-corrected chi connectivity index (χ4v) is 1.93. The highest BCUT2D eigenvalue weighted by Gasteiger charge is 2.09. The summed E-state index contributed by atoms with van der Waals surface area (Å²) >= 11 is 0. The van der Waals surface area contributed by atoms with Gasteiger partial charge in [0.2, 0.25) is 5.91 Å². The summed E-state index contributed by atoms with van der Waals surface area (Å²) in [5, 5.41) is 6.32. The molecular weight excluding hydrogens is 252 g/mol. The molecule has 1 rings (SSSR count). The van der Waals surface area contributed by atoms with Gasteiger partial charge in [0.05, 0.1) is 13.2 Å². The van der Waals surface area contributed by atoms with Crippen LogP contribution in [-0.2, 0) is 4.79 Å². The summed E-state index contributed by atoms with van der Waals surface area (Å²) in [5.74, 6) is 0.922. The van der Waals surface area contributed by atoms with Crippen LogP contribution in [0.25, 0.3) is 0 Å². The van der Waals surface area contributed by atoms with Crippen LogP contribution in [0, 0.1) is 0 Å². The van der Waals surface area contributed by atoms with Crippen LogP contribution in [0.3, 0.4) is 0 Å². The van der Waals surface area contributed by atoms with E-state index in [-0.39, 0.29) is 11.9 Å². The zero-order chi connectivity index (χ0) is 15.0. The van der Waals surface area contributed by atoms with Gasteiger partial charge in [0, 0.05) is 12.5 Å². The second kappa shape index (κ2) is 8.59. The van der Waals surface area contributed by atoms with Gasteiger partial charge in [-0.25, -0.2) is 0 Å². The van der Waals surface area contributed by atoms with Crippen molar-refractivity contribution in [1.82, 2.24) is 10.6 Å². The normalized spacial score (nSPS) is 12.2. The fraction of sp³-hybridized carbons (Fsp3) is 0.562. The third-order valence-electron chi connectivity index (χ3n) is 3.13. The van der Waals surface area contributed by atoms with Crippen molar-refractivity contribution < 1.29 is 9.53 Å². The van der Waals surface area contributed by atoms with Gasteiger partial charge in [-0.1, -0.05) is 26.0 Å². The van der Waals surface area contributed by atoms with Gasteiger partial charge in [0.1, 0.15) is 5.75 Å². The van der Waals surface area contributed by atoms with Crippen LogP contribution in [0.1, 0.15) is 45.2 Å². The Kier molecular flexibility index (Phi) is 7.09. The Morgan fingerprint density at radius 3 is 2.40 bits per heavy atom. The smallest absolute Gasteiger partial charge is 0.220 e.